The van der Waals surface area contributed by atoms with Gasteiger partial charge in [0.1, 0.15) is 11.7 Å². The van der Waals surface area contributed by atoms with Gasteiger partial charge < -0.3 is 14.6 Å². The maximum atomic E-state index is 11.1. The smallest absolute Gasteiger partial charge is 0.339 e. The molecule has 1 aromatic rings. The number of carboxylic acid groups (broad SMARTS) is 1. The summed E-state index contributed by atoms with van der Waals surface area (Å²) >= 11 is 5.87. The Hall–Kier alpha value is -1.86. The highest BCUT2D eigenvalue weighted by atomic mass is 35.5. The Morgan fingerprint density at radius 3 is 2.84 bits per heavy atom. The molecule has 1 atom stereocenters. The lowest BCUT2D eigenvalue weighted by Gasteiger charge is -2.15. The summed E-state index contributed by atoms with van der Waals surface area (Å²) in [5, 5.41) is 19.7. The second-order valence-corrected chi connectivity index (χ2v) is 4.38. The van der Waals surface area contributed by atoms with E-state index in [1.165, 1.54) is 0 Å². The molecule has 1 fully saturated rings. The van der Waals surface area contributed by atoms with Gasteiger partial charge in [-0.1, -0.05) is 11.6 Å². The molecule has 8 heteroatoms. The number of hydrogen-bond donors (Lipinski definition) is 1. The number of aromatic carboxylic acids is 1. The van der Waals surface area contributed by atoms with Crippen molar-refractivity contribution in [3.63, 3.8) is 0 Å². The largest absolute Gasteiger partial charge is 0.485 e. The van der Waals surface area contributed by atoms with Crippen LogP contribution in [0.2, 0.25) is 5.02 Å². The molecule has 1 aliphatic heterocycles. The summed E-state index contributed by atoms with van der Waals surface area (Å²) in [6, 6.07) is 2.00. The molecule has 102 valence electrons. The van der Waals surface area contributed by atoms with Crippen LogP contribution in [0, 0.1) is 10.1 Å². The fraction of sp³-hybridized carbons (Fsp3) is 0.364. The van der Waals surface area contributed by atoms with E-state index in [1.54, 1.807) is 0 Å². The van der Waals surface area contributed by atoms with Gasteiger partial charge in [-0.2, -0.15) is 0 Å². The quantitative estimate of drug-likeness (QED) is 0.672. The van der Waals surface area contributed by atoms with E-state index in [1.807, 2.05) is 0 Å². The molecule has 0 radical (unpaired) electrons. The van der Waals surface area contributed by atoms with Crippen molar-refractivity contribution in [2.45, 2.75) is 12.5 Å². The van der Waals surface area contributed by atoms with E-state index in [9.17, 15) is 14.9 Å². The van der Waals surface area contributed by atoms with Crippen molar-refractivity contribution in [3.05, 3.63) is 32.8 Å². The predicted octanol–water partition coefficient (Wildman–Crippen LogP) is 2.11. The maximum Gasteiger partial charge on any atom is 0.339 e. The molecule has 0 aliphatic carbocycles. The van der Waals surface area contributed by atoms with Gasteiger partial charge in [0.2, 0.25) is 0 Å². The van der Waals surface area contributed by atoms with Crippen LogP contribution >= 0.6 is 11.6 Å². The van der Waals surface area contributed by atoms with Crippen LogP contribution in [-0.4, -0.2) is 35.3 Å². The summed E-state index contributed by atoms with van der Waals surface area (Å²) in [7, 11) is 0. The van der Waals surface area contributed by atoms with Gasteiger partial charge in [-0.05, 0) is 0 Å². The number of carbonyl (C=O) groups is 1. The number of benzene rings is 1. The molecule has 1 unspecified atom stereocenters. The third-order valence-electron chi connectivity index (χ3n) is 2.64. The van der Waals surface area contributed by atoms with Crippen molar-refractivity contribution in [1.82, 2.24) is 0 Å². The molecular weight excluding hydrogens is 278 g/mol. The van der Waals surface area contributed by atoms with E-state index in [-0.39, 0.29) is 22.4 Å². The molecule has 7 nitrogen and oxygen atoms in total. The summed E-state index contributed by atoms with van der Waals surface area (Å²) in [6.07, 6.45) is 0.323. The maximum absolute atomic E-state index is 11.1. The molecule has 0 saturated carbocycles. The highest BCUT2D eigenvalue weighted by Gasteiger charge is 2.25. The Morgan fingerprint density at radius 1 is 1.58 bits per heavy atom. The Labute approximate surface area is 112 Å². The lowest BCUT2D eigenvalue weighted by atomic mass is 10.1. The minimum atomic E-state index is -1.33. The third-order valence-corrected chi connectivity index (χ3v) is 2.92. The van der Waals surface area contributed by atoms with Crippen molar-refractivity contribution in [3.8, 4) is 5.75 Å². The Kier molecular flexibility index (Phi) is 3.87. The van der Waals surface area contributed by atoms with Gasteiger partial charge in [-0.3, -0.25) is 10.1 Å². The molecule has 19 heavy (non-hydrogen) atoms. The summed E-state index contributed by atoms with van der Waals surface area (Å²) < 4.78 is 10.6. The number of halogens is 1. The van der Waals surface area contributed by atoms with Crippen LogP contribution in [0.5, 0.6) is 5.75 Å². The minimum absolute atomic E-state index is 0.0599. The zero-order valence-electron chi connectivity index (χ0n) is 9.67. The van der Waals surface area contributed by atoms with Gasteiger partial charge in [-0.25, -0.2) is 4.79 Å². The lowest BCUT2D eigenvalue weighted by molar-refractivity contribution is -0.384. The standard InChI is InChI=1S/C11H10ClNO6/c12-9-4-6(13(16)17)3-8(11(14)15)10(9)19-7-1-2-18-5-7/h3-4,7H,1-2,5H2,(H,14,15). The summed E-state index contributed by atoms with van der Waals surface area (Å²) in [6.45, 7) is 0.865. The number of carboxylic acids is 1. The Balaban J connectivity index is 2.39. The number of nitro benzene ring substituents is 1. The zero-order valence-corrected chi connectivity index (χ0v) is 10.4. The zero-order chi connectivity index (χ0) is 14.0. The topological polar surface area (TPSA) is 98.9 Å². The second-order valence-electron chi connectivity index (χ2n) is 3.97. The molecule has 1 aliphatic rings. The fourth-order valence-electron chi connectivity index (χ4n) is 1.74. The van der Waals surface area contributed by atoms with Gasteiger partial charge in [0.05, 0.1) is 23.2 Å². The van der Waals surface area contributed by atoms with Crippen LogP contribution in [0.4, 0.5) is 5.69 Å². The number of ether oxygens (including phenoxy) is 2. The molecule has 0 aromatic heterocycles. The highest BCUT2D eigenvalue weighted by molar-refractivity contribution is 6.32. The van der Waals surface area contributed by atoms with Crippen molar-refractivity contribution >= 4 is 23.3 Å². The van der Waals surface area contributed by atoms with Crippen LogP contribution < -0.4 is 4.74 Å². The van der Waals surface area contributed by atoms with Crippen molar-refractivity contribution in [2.24, 2.45) is 0 Å². The second kappa shape index (κ2) is 5.41. The molecule has 0 bridgehead atoms. The van der Waals surface area contributed by atoms with E-state index in [0.29, 0.717) is 19.6 Å². The molecule has 1 saturated heterocycles. The first kappa shape index (κ1) is 13.6. The molecule has 0 amide bonds. The van der Waals surface area contributed by atoms with Crippen LogP contribution in [0.15, 0.2) is 12.1 Å². The van der Waals surface area contributed by atoms with E-state index in [2.05, 4.69) is 0 Å². The average Bonchev–Trinajstić information content (AvgIpc) is 2.83. The SMILES string of the molecule is O=C(O)c1cc([N+](=O)[O-])cc(Cl)c1OC1CCOC1. The summed E-state index contributed by atoms with van der Waals surface area (Å²) in [5.41, 5.74) is -0.719. The molecule has 0 spiro atoms. The number of non-ortho nitro benzene ring substituents is 1. The minimum Gasteiger partial charge on any atom is -0.485 e. The number of rotatable bonds is 4. The van der Waals surface area contributed by atoms with Gasteiger partial charge in [-0.15, -0.1) is 0 Å². The van der Waals surface area contributed by atoms with E-state index in [4.69, 9.17) is 26.2 Å². The van der Waals surface area contributed by atoms with E-state index >= 15 is 0 Å². The van der Waals surface area contributed by atoms with Crippen LogP contribution in [-0.2, 0) is 4.74 Å². The van der Waals surface area contributed by atoms with Crippen molar-refractivity contribution in [2.75, 3.05) is 13.2 Å². The average molecular weight is 288 g/mol. The Bertz CT molecular complexity index is 526. The monoisotopic (exact) mass is 287 g/mol. The number of nitrogens with zero attached hydrogens (tertiary/aromatic N) is 1. The van der Waals surface area contributed by atoms with Crippen molar-refractivity contribution in [1.29, 1.82) is 0 Å². The van der Waals surface area contributed by atoms with Crippen LogP contribution in [0.25, 0.3) is 0 Å². The van der Waals surface area contributed by atoms with Crippen molar-refractivity contribution < 1.29 is 24.3 Å². The first-order valence-electron chi connectivity index (χ1n) is 5.44. The van der Waals surface area contributed by atoms with Gasteiger partial charge in [0.25, 0.3) is 5.69 Å². The van der Waals surface area contributed by atoms with Crippen LogP contribution in [0.3, 0.4) is 0 Å². The first-order chi connectivity index (χ1) is 8.99. The number of hydrogen-bond acceptors (Lipinski definition) is 5. The molecule has 1 aromatic carbocycles. The summed E-state index contributed by atoms with van der Waals surface area (Å²) in [4.78, 5) is 21.1. The summed E-state index contributed by atoms with van der Waals surface area (Å²) in [5.74, 6) is -1.39. The third kappa shape index (κ3) is 2.94. The molecule has 1 N–H and O–H groups in total. The first-order valence-corrected chi connectivity index (χ1v) is 5.82. The van der Waals surface area contributed by atoms with E-state index < -0.39 is 16.6 Å². The van der Waals surface area contributed by atoms with Crippen LogP contribution in [0.1, 0.15) is 16.8 Å². The lowest BCUT2D eigenvalue weighted by Crippen LogP contribution is -2.18. The fourth-order valence-corrected chi connectivity index (χ4v) is 1.99. The van der Waals surface area contributed by atoms with Gasteiger partial charge in [0.15, 0.2) is 5.75 Å². The van der Waals surface area contributed by atoms with Gasteiger partial charge in [0, 0.05) is 18.6 Å². The predicted molar refractivity (Wildman–Crippen MR) is 64.9 cm³/mol. The normalized spacial score (nSPS) is 18.3. The number of nitro groups is 1. The highest BCUT2D eigenvalue weighted by Crippen LogP contribution is 2.34. The molecule has 1 heterocycles. The van der Waals surface area contributed by atoms with E-state index in [0.717, 1.165) is 12.1 Å². The molecule has 2 rings (SSSR count). The molecular formula is C11H10ClNO6. The van der Waals surface area contributed by atoms with Gasteiger partial charge >= 0.3 is 5.97 Å². The Morgan fingerprint density at radius 2 is 2.32 bits per heavy atom.